The van der Waals surface area contributed by atoms with E-state index in [-0.39, 0.29) is 0 Å². The number of nitrogens with one attached hydrogen (secondary N) is 1. The molecule has 0 aliphatic heterocycles. The third-order valence-electron chi connectivity index (χ3n) is 2.66. The fraction of sp³-hybridized carbons (Fsp3) is 0.188. The van der Waals surface area contributed by atoms with Crippen LogP contribution in [0.3, 0.4) is 0 Å². The lowest BCUT2D eigenvalue weighted by atomic mass is 10.3. The smallest absolute Gasteiger partial charge is 0.193 e. The highest BCUT2D eigenvalue weighted by Gasteiger charge is 2.00. The van der Waals surface area contributed by atoms with Crippen molar-refractivity contribution in [2.45, 2.75) is 0 Å². The van der Waals surface area contributed by atoms with Crippen LogP contribution in [0.4, 0.5) is 5.69 Å². The minimum absolute atomic E-state index is 0.351. The van der Waals surface area contributed by atoms with Gasteiger partial charge in [0.2, 0.25) is 0 Å². The third-order valence-corrected chi connectivity index (χ3v) is 2.66. The standard InChI is InChI=1S/C16H19N3O2/c1-20-11-10-18-16(17)19-13-6-5-9-15(12-13)21-14-7-3-2-4-8-14/h2-9,12H,10-11H2,1H3,(H3,17,18,19). The van der Waals surface area contributed by atoms with Crippen molar-refractivity contribution in [1.82, 2.24) is 0 Å². The number of anilines is 1. The number of guanidine groups is 1. The molecule has 0 amide bonds. The first-order valence-electron chi connectivity index (χ1n) is 6.67. The van der Waals surface area contributed by atoms with Crippen LogP contribution in [0.1, 0.15) is 0 Å². The first kappa shape index (κ1) is 14.9. The maximum Gasteiger partial charge on any atom is 0.193 e. The van der Waals surface area contributed by atoms with Crippen molar-refractivity contribution < 1.29 is 9.47 Å². The molecular weight excluding hydrogens is 266 g/mol. The molecule has 0 heterocycles. The Morgan fingerprint density at radius 1 is 1.10 bits per heavy atom. The summed E-state index contributed by atoms with van der Waals surface area (Å²) in [5.41, 5.74) is 6.61. The molecule has 0 radical (unpaired) electrons. The van der Waals surface area contributed by atoms with E-state index >= 15 is 0 Å². The summed E-state index contributed by atoms with van der Waals surface area (Å²) in [5, 5.41) is 3.02. The summed E-state index contributed by atoms with van der Waals surface area (Å²) in [6.07, 6.45) is 0. The maximum absolute atomic E-state index is 5.79. The van der Waals surface area contributed by atoms with E-state index in [2.05, 4.69) is 10.3 Å². The number of rotatable bonds is 6. The van der Waals surface area contributed by atoms with Gasteiger partial charge in [-0.3, -0.25) is 4.99 Å². The second kappa shape index (κ2) is 7.91. The van der Waals surface area contributed by atoms with Crippen LogP contribution in [0, 0.1) is 0 Å². The van der Waals surface area contributed by atoms with Gasteiger partial charge in [-0.25, -0.2) is 0 Å². The van der Waals surface area contributed by atoms with Gasteiger partial charge in [-0.2, -0.15) is 0 Å². The molecule has 3 N–H and O–H groups in total. The molecule has 0 spiro atoms. The summed E-state index contributed by atoms with van der Waals surface area (Å²) in [6.45, 7) is 1.06. The number of hydrogen-bond acceptors (Lipinski definition) is 3. The number of benzene rings is 2. The Balaban J connectivity index is 1.99. The van der Waals surface area contributed by atoms with Crippen molar-refractivity contribution in [2.24, 2.45) is 10.7 Å². The van der Waals surface area contributed by atoms with Crippen LogP contribution in [0.15, 0.2) is 59.6 Å². The molecule has 0 unspecified atom stereocenters. The van der Waals surface area contributed by atoms with Crippen molar-refractivity contribution in [3.05, 3.63) is 54.6 Å². The topological polar surface area (TPSA) is 68.9 Å². The highest BCUT2D eigenvalue weighted by Crippen LogP contribution is 2.23. The lowest BCUT2D eigenvalue weighted by Gasteiger charge is -2.09. The fourth-order valence-electron chi connectivity index (χ4n) is 1.71. The van der Waals surface area contributed by atoms with E-state index in [0.29, 0.717) is 19.1 Å². The van der Waals surface area contributed by atoms with Crippen molar-refractivity contribution in [3.8, 4) is 11.5 Å². The molecule has 5 heteroatoms. The number of hydrogen-bond donors (Lipinski definition) is 2. The summed E-state index contributed by atoms with van der Waals surface area (Å²) < 4.78 is 10.7. The summed E-state index contributed by atoms with van der Waals surface area (Å²) >= 11 is 0. The minimum atomic E-state index is 0.351. The molecule has 0 aromatic heterocycles. The molecule has 0 bridgehead atoms. The van der Waals surface area contributed by atoms with Gasteiger partial charge in [0.1, 0.15) is 11.5 Å². The SMILES string of the molecule is COCCN=C(N)Nc1cccc(Oc2ccccc2)c1. The zero-order chi connectivity index (χ0) is 14.9. The van der Waals surface area contributed by atoms with Gasteiger partial charge in [0.15, 0.2) is 5.96 Å². The Morgan fingerprint density at radius 2 is 1.86 bits per heavy atom. The Labute approximate surface area is 124 Å². The number of nitrogens with two attached hydrogens (primary N) is 1. The van der Waals surface area contributed by atoms with Crippen molar-refractivity contribution in [1.29, 1.82) is 0 Å². The molecule has 0 fully saturated rings. The van der Waals surface area contributed by atoms with Crippen LogP contribution >= 0.6 is 0 Å². The van der Waals surface area contributed by atoms with Gasteiger partial charge in [-0.05, 0) is 24.3 Å². The molecule has 2 aromatic rings. The van der Waals surface area contributed by atoms with E-state index in [4.69, 9.17) is 15.2 Å². The second-order valence-corrected chi connectivity index (χ2v) is 4.33. The van der Waals surface area contributed by atoms with Gasteiger partial charge in [0, 0.05) is 18.9 Å². The first-order chi connectivity index (χ1) is 10.3. The molecule has 110 valence electrons. The number of nitrogens with zero attached hydrogens (tertiary/aromatic N) is 1. The third kappa shape index (κ3) is 5.16. The summed E-state index contributed by atoms with van der Waals surface area (Å²) in [4.78, 5) is 4.14. The van der Waals surface area contributed by atoms with Crippen molar-refractivity contribution >= 4 is 11.6 Å². The number of aliphatic imine (C=N–C) groups is 1. The Kier molecular flexibility index (Phi) is 5.60. The van der Waals surface area contributed by atoms with E-state index in [9.17, 15) is 0 Å². The monoisotopic (exact) mass is 285 g/mol. The number of para-hydroxylation sites is 1. The lowest BCUT2D eigenvalue weighted by Crippen LogP contribution is -2.23. The Bertz CT molecular complexity index is 585. The molecule has 2 aromatic carbocycles. The predicted molar refractivity (Wildman–Crippen MR) is 84.9 cm³/mol. The van der Waals surface area contributed by atoms with E-state index in [1.165, 1.54) is 0 Å². The van der Waals surface area contributed by atoms with Crippen molar-refractivity contribution in [2.75, 3.05) is 25.6 Å². The molecule has 0 aliphatic carbocycles. The van der Waals surface area contributed by atoms with Crippen LogP contribution in [0.25, 0.3) is 0 Å². The maximum atomic E-state index is 5.79. The van der Waals surface area contributed by atoms with Crippen LogP contribution < -0.4 is 15.8 Å². The quantitative estimate of drug-likeness (QED) is 0.486. The zero-order valence-corrected chi connectivity index (χ0v) is 12.0. The highest BCUT2D eigenvalue weighted by atomic mass is 16.5. The van der Waals surface area contributed by atoms with Gasteiger partial charge >= 0.3 is 0 Å². The normalized spacial score (nSPS) is 11.2. The lowest BCUT2D eigenvalue weighted by molar-refractivity contribution is 0.208. The van der Waals surface area contributed by atoms with Gasteiger partial charge in [0.05, 0.1) is 13.2 Å². The van der Waals surface area contributed by atoms with Gasteiger partial charge < -0.3 is 20.5 Å². The molecular formula is C16H19N3O2. The average molecular weight is 285 g/mol. The largest absolute Gasteiger partial charge is 0.457 e. The molecule has 5 nitrogen and oxygen atoms in total. The molecule has 0 aliphatic rings. The summed E-state index contributed by atoms with van der Waals surface area (Å²) in [5.74, 6) is 1.87. The molecule has 21 heavy (non-hydrogen) atoms. The van der Waals surface area contributed by atoms with Crippen LogP contribution in [0.5, 0.6) is 11.5 Å². The summed E-state index contributed by atoms with van der Waals surface area (Å²) in [6, 6.07) is 17.2. The van der Waals surface area contributed by atoms with Crippen LogP contribution in [0.2, 0.25) is 0 Å². The van der Waals surface area contributed by atoms with Crippen molar-refractivity contribution in [3.63, 3.8) is 0 Å². The Hall–Kier alpha value is -2.53. The minimum Gasteiger partial charge on any atom is -0.457 e. The Morgan fingerprint density at radius 3 is 2.62 bits per heavy atom. The summed E-state index contributed by atoms with van der Waals surface area (Å²) in [7, 11) is 1.63. The molecule has 2 rings (SSSR count). The van der Waals surface area contributed by atoms with E-state index in [1.807, 2.05) is 54.6 Å². The predicted octanol–water partition coefficient (Wildman–Crippen LogP) is 2.85. The molecule has 0 saturated heterocycles. The van der Waals surface area contributed by atoms with Gasteiger partial charge in [-0.15, -0.1) is 0 Å². The average Bonchev–Trinajstić information content (AvgIpc) is 2.49. The van der Waals surface area contributed by atoms with E-state index in [1.54, 1.807) is 7.11 Å². The second-order valence-electron chi connectivity index (χ2n) is 4.33. The van der Waals surface area contributed by atoms with Crippen LogP contribution in [-0.4, -0.2) is 26.2 Å². The fourth-order valence-corrected chi connectivity index (χ4v) is 1.71. The first-order valence-corrected chi connectivity index (χ1v) is 6.67. The molecule has 0 atom stereocenters. The van der Waals surface area contributed by atoms with Crippen LogP contribution in [-0.2, 0) is 4.74 Å². The van der Waals surface area contributed by atoms with Gasteiger partial charge in [-0.1, -0.05) is 24.3 Å². The van der Waals surface area contributed by atoms with Gasteiger partial charge in [0.25, 0.3) is 0 Å². The highest BCUT2D eigenvalue weighted by molar-refractivity contribution is 5.92. The number of methoxy groups -OCH3 is 1. The molecule has 0 saturated carbocycles. The van der Waals surface area contributed by atoms with E-state index < -0.39 is 0 Å². The number of ether oxygens (including phenoxy) is 2. The zero-order valence-electron chi connectivity index (χ0n) is 12.0. The van der Waals surface area contributed by atoms with E-state index in [0.717, 1.165) is 17.2 Å².